The fourth-order valence-corrected chi connectivity index (χ4v) is 3.64. The van der Waals surface area contributed by atoms with Gasteiger partial charge in [0, 0.05) is 22.5 Å². The molecule has 1 aromatic heterocycles. The average Bonchev–Trinajstić information content (AvgIpc) is 3.31. The fourth-order valence-electron chi connectivity index (χ4n) is 2.91. The van der Waals surface area contributed by atoms with Gasteiger partial charge in [-0.1, -0.05) is 47.9 Å². The van der Waals surface area contributed by atoms with E-state index in [0.717, 1.165) is 22.6 Å². The predicted octanol–water partition coefficient (Wildman–Crippen LogP) is 4.41. The number of aromatic nitrogens is 3. The number of carbonyl (C=O) groups excluding carboxylic acids is 1. The number of nitrogens with one attached hydrogen (secondary N) is 1. The van der Waals surface area contributed by atoms with Crippen LogP contribution < -0.4 is 10.1 Å². The molecule has 0 spiro atoms. The van der Waals surface area contributed by atoms with E-state index in [4.69, 9.17) is 4.74 Å². The SMILES string of the molecule is COc1ccc(-n2cnnc2SCC(=O)Nc2cccc(C#Cc3ccccc3)c2)cc1. The van der Waals surface area contributed by atoms with Crippen LogP contribution in [0, 0.1) is 11.8 Å². The molecule has 0 aliphatic heterocycles. The lowest BCUT2D eigenvalue weighted by Gasteiger charge is -2.08. The van der Waals surface area contributed by atoms with Crippen LogP contribution in [0.25, 0.3) is 5.69 Å². The maximum atomic E-state index is 12.5. The molecule has 0 aliphatic rings. The minimum absolute atomic E-state index is 0.132. The van der Waals surface area contributed by atoms with Gasteiger partial charge in [-0.2, -0.15) is 0 Å². The highest BCUT2D eigenvalue weighted by atomic mass is 32.2. The number of hydrogen-bond acceptors (Lipinski definition) is 5. The van der Waals surface area contributed by atoms with Gasteiger partial charge in [-0.05, 0) is 54.6 Å². The summed E-state index contributed by atoms with van der Waals surface area (Å²) in [5.74, 6) is 7.09. The number of hydrogen-bond donors (Lipinski definition) is 1. The Balaban J connectivity index is 1.37. The molecular weight excluding hydrogens is 420 g/mol. The summed E-state index contributed by atoms with van der Waals surface area (Å²) in [5.41, 5.74) is 3.37. The Kier molecular flexibility index (Phi) is 6.85. The van der Waals surface area contributed by atoms with Crippen molar-refractivity contribution in [1.29, 1.82) is 0 Å². The molecule has 0 aliphatic carbocycles. The molecule has 0 saturated heterocycles. The van der Waals surface area contributed by atoms with Crippen LogP contribution in [0.5, 0.6) is 5.75 Å². The quantitative estimate of drug-likeness (QED) is 0.355. The van der Waals surface area contributed by atoms with Crippen LogP contribution in [0.2, 0.25) is 0 Å². The van der Waals surface area contributed by atoms with Gasteiger partial charge in [-0.3, -0.25) is 9.36 Å². The number of carbonyl (C=O) groups is 1. The molecular formula is C25H20N4O2S. The van der Waals surface area contributed by atoms with Gasteiger partial charge in [0.1, 0.15) is 12.1 Å². The van der Waals surface area contributed by atoms with Gasteiger partial charge >= 0.3 is 0 Å². The molecule has 32 heavy (non-hydrogen) atoms. The molecule has 3 aromatic carbocycles. The molecule has 0 fully saturated rings. The summed E-state index contributed by atoms with van der Waals surface area (Å²) < 4.78 is 7.02. The number of thioether (sulfide) groups is 1. The summed E-state index contributed by atoms with van der Waals surface area (Å²) in [6.07, 6.45) is 1.62. The maximum absolute atomic E-state index is 12.5. The minimum Gasteiger partial charge on any atom is -0.497 e. The lowest BCUT2D eigenvalue weighted by Crippen LogP contribution is -2.14. The van der Waals surface area contributed by atoms with Crippen molar-refractivity contribution in [2.75, 3.05) is 18.2 Å². The van der Waals surface area contributed by atoms with Gasteiger partial charge in [0.2, 0.25) is 5.91 Å². The van der Waals surface area contributed by atoms with Crippen molar-refractivity contribution in [3.8, 4) is 23.3 Å². The number of ether oxygens (including phenoxy) is 1. The maximum Gasteiger partial charge on any atom is 0.234 e. The molecule has 0 unspecified atom stereocenters. The van der Waals surface area contributed by atoms with E-state index in [1.165, 1.54) is 11.8 Å². The third-order valence-electron chi connectivity index (χ3n) is 4.47. The summed E-state index contributed by atoms with van der Waals surface area (Å²) in [6, 6.07) is 24.8. The lowest BCUT2D eigenvalue weighted by molar-refractivity contribution is -0.113. The Labute approximate surface area is 190 Å². The summed E-state index contributed by atoms with van der Waals surface area (Å²) in [4.78, 5) is 12.5. The highest BCUT2D eigenvalue weighted by Crippen LogP contribution is 2.22. The highest BCUT2D eigenvalue weighted by molar-refractivity contribution is 7.99. The first-order valence-corrected chi connectivity index (χ1v) is 10.8. The first-order valence-electron chi connectivity index (χ1n) is 9.85. The van der Waals surface area contributed by atoms with Gasteiger partial charge in [0.15, 0.2) is 5.16 Å². The number of anilines is 1. The Morgan fingerprint density at radius 1 is 1.00 bits per heavy atom. The van der Waals surface area contributed by atoms with Crippen LogP contribution in [0.1, 0.15) is 11.1 Å². The van der Waals surface area contributed by atoms with Crippen LogP contribution in [0.4, 0.5) is 5.69 Å². The Morgan fingerprint density at radius 3 is 2.53 bits per heavy atom. The van der Waals surface area contributed by atoms with Crippen molar-refractivity contribution < 1.29 is 9.53 Å². The first kappa shape index (κ1) is 21.2. The van der Waals surface area contributed by atoms with Gasteiger partial charge < -0.3 is 10.1 Å². The number of amides is 1. The Morgan fingerprint density at radius 2 is 1.75 bits per heavy atom. The summed E-state index contributed by atoms with van der Waals surface area (Å²) >= 11 is 1.32. The van der Waals surface area contributed by atoms with E-state index in [1.54, 1.807) is 13.4 Å². The number of benzene rings is 3. The molecule has 0 bridgehead atoms. The third kappa shape index (κ3) is 5.56. The van der Waals surface area contributed by atoms with Crippen molar-refractivity contribution in [3.05, 3.63) is 96.3 Å². The summed E-state index contributed by atoms with van der Waals surface area (Å²) in [7, 11) is 1.62. The normalized spacial score (nSPS) is 10.2. The molecule has 0 saturated carbocycles. The van der Waals surface area contributed by atoms with Crippen molar-refractivity contribution in [2.24, 2.45) is 0 Å². The van der Waals surface area contributed by atoms with E-state index in [-0.39, 0.29) is 11.7 Å². The van der Waals surface area contributed by atoms with Crippen LogP contribution in [-0.2, 0) is 4.79 Å². The molecule has 7 heteroatoms. The second-order valence-corrected chi connectivity index (χ2v) is 7.66. The molecule has 4 rings (SSSR count). The molecule has 1 heterocycles. The van der Waals surface area contributed by atoms with Gasteiger partial charge in [0.25, 0.3) is 0 Å². The molecule has 0 radical (unpaired) electrons. The van der Waals surface area contributed by atoms with Crippen LogP contribution in [0.3, 0.4) is 0 Å². The first-order chi connectivity index (χ1) is 15.7. The highest BCUT2D eigenvalue weighted by Gasteiger charge is 2.11. The largest absolute Gasteiger partial charge is 0.497 e. The van der Waals surface area contributed by atoms with E-state index in [0.29, 0.717) is 10.8 Å². The van der Waals surface area contributed by atoms with Gasteiger partial charge in [-0.15, -0.1) is 10.2 Å². The molecule has 0 atom stereocenters. The van der Waals surface area contributed by atoms with Crippen LogP contribution in [-0.4, -0.2) is 33.5 Å². The second-order valence-electron chi connectivity index (χ2n) is 6.72. The van der Waals surface area contributed by atoms with E-state index >= 15 is 0 Å². The van der Waals surface area contributed by atoms with E-state index in [2.05, 4.69) is 27.4 Å². The molecule has 6 nitrogen and oxygen atoms in total. The van der Waals surface area contributed by atoms with E-state index < -0.39 is 0 Å². The molecule has 4 aromatic rings. The van der Waals surface area contributed by atoms with Gasteiger partial charge in [-0.25, -0.2) is 0 Å². The van der Waals surface area contributed by atoms with E-state index in [1.807, 2.05) is 83.4 Å². The zero-order valence-electron chi connectivity index (χ0n) is 17.4. The van der Waals surface area contributed by atoms with Crippen LogP contribution >= 0.6 is 11.8 Å². The molecule has 1 N–H and O–H groups in total. The number of nitrogens with zero attached hydrogens (tertiary/aromatic N) is 3. The minimum atomic E-state index is -0.132. The monoisotopic (exact) mass is 440 g/mol. The lowest BCUT2D eigenvalue weighted by atomic mass is 10.1. The van der Waals surface area contributed by atoms with Gasteiger partial charge in [0.05, 0.1) is 12.9 Å². The van der Waals surface area contributed by atoms with Crippen molar-refractivity contribution >= 4 is 23.4 Å². The van der Waals surface area contributed by atoms with Crippen LogP contribution in [0.15, 0.2) is 90.3 Å². The third-order valence-corrected chi connectivity index (χ3v) is 5.41. The summed E-state index contributed by atoms with van der Waals surface area (Å²) in [5, 5.41) is 11.6. The number of rotatable bonds is 6. The van der Waals surface area contributed by atoms with E-state index in [9.17, 15) is 4.79 Å². The predicted molar refractivity (Wildman–Crippen MR) is 126 cm³/mol. The molecule has 1 amide bonds. The Hall–Kier alpha value is -4.02. The average molecular weight is 441 g/mol. The molecule has 158 valence electrons. The topological polar surface area (TPSA) is 69.0 Å². The second kappa shape index (κ2) is 10.3. The number of methoxy groups -OCH3 is 1. The zero-order chi connectivity index (χ0) is 22.2. The standard InChI is InChI=1S/C25H20N4O2S/c1-31-23-14-12-22(13-15-23)29-18-26-28-25(29)32-17-24(30)27-21-9-5-8-20(16-21)11-10-19-6-3-2-4-7-19/h2-9,12-16,18H,17H2,1H3,(H,27,30). The Bertz CT molecular complexity index is 1260. The van der Waals surface area contributed by atoms with Crippen molar-refractivity contribution in [1.82, 2.24) is 14.8 Å². The smallest absolute Gasteiger partial charge is 0.234 e. The van der Waals surface area contributed by atoms with Crippen molar-refractivity contribution in [2.45, 2.75) is 5.16 Å². The van der Waals surface area contributed by atoms with Crippen molar-refractivity contribution in [3.63, 3.8) is 0 Å². The zero-order valence-corrected chi connectivity index (χ0v) is 18.2. The fraction of sp³-hybridized carbons (Fsp3) is 0.0800. The summed E-state index contributed by atoms with van der Waals surface area (Å²) in [6.45, 7) is 0.